The summed E-state index contributed by atoms with van der Waals surface area (Å²) in [5, 5.41) is 13.3. The van der Waals surface area contributed by atoms with Crippen molar-refractivity contribution in [2.75, 3.05) is 7.11 Å². The first-order chi connectivity index (χ1) is 10.3. The summed E-state index contributed by atoms with van der Waals surface area (Å²) in [5.74, 6) is -0.979. The third-order valence-corrected chi connectivity index (χ3v) is 2.86. The molecular weight excluding hydrogens is 288 g/mol. The lowest BCUT2D eigenvalue weighted by Crippen LogP contribution is -2.42. The summed E-state index contributed by atoms with van der Waals surface area (Å²) in [6.07, 6.45) is 0.207. The molecule has 0 aliphatic rings. The molecule has 0 unspecified atom stereocenters. The summed E-state index contributed by atoms with van der Waals surface area (Å²) >= 11 is 0. The Balaban J connectivity index is 2.74. The molecule has 1 amide bonds. The van der Waals surface area contributed by atoms with Crippen LogP contribution < -0.4 is 5.32 Å². The second kappa shape index (κ2) is 7.92. The molecule has 1 N–H and O–H groups in total. The average Bonchev–Trinajstić information content (AvgIpc) is 2.45. The lowest BCUT2D eigenvalue weighted by Gasteiger charge is -2.16. The Kier molecular flexibility index (Phi) is 6.25. The summed E-state index contributed by atoms with van der Waals surface area (Å²) in [5.41, 5.74) is 1.13. The maximum Gasteiger partial charge on any atom is 0.328 e. The number of ether oxygens (including phenoxy) is 1. The van der Waals surface area contributed by atoms with Crippen molar-refractivity contribution in [2.24, 2.45) is 0 Å². The molecule has 7 heteroatoms. The number of amides is 1. The molecule has 118 valence electrons. The van der Waals surface area contributed by atoms with Crippen LogP contribution in [0.5, 0.6) is 0 Å². The number of non-ortho nitro benzene ring substituents is 1. The molecule has 0 fully saturated rings. The molecule has 0 heterocycles. The molecule has 1 aromatic rings. The van der Waals surface area contributed by atoms with Gasteiger partial charge in [-0.2, -0.15) is 0 Å². The number of nitrogens with zero attached hydrogens (tertiary/aromatic N) is 1. The van der Waals surface area contributed by atoms with Crippen LogP contribution in [0.2, 0.25) is 0 Å². The lowest BCUT2D eigenvalue weighted by molar-refractivity contribution is -0.384. The number of methoxy groups -OCH3 is 1. The molecule has 0 saturated heterocycles. The van der Waals surface area contributed by atoms with Crippen LogP contribution in [0.4, 0.5) is 5.69 Å². The quantitative estimate of drug-likeness (QED) is 0.358. The third-order valence-electron chi connectivity index (χ3n) is 2.86. The second-order valence-electron chi connectivity index (χ2n) is 4.91. The van der Waals surface area contributed by atoms with E-state index in [1.54, 1.807) is 13.0 Å². The summed E-state index contributed by atoms with van der Waals surface area (Å²) in [4.78, 5) is 33.8. The highest BCUT2D eigenvalue weighted by Crippen LogP contribution is 2.13. The Labute approximate surface area is 128 Å². The molecule has 0 saturated carbocycles. The first-order valence-corrected chi connectivity index (χ1v) is 6.58. The van der Waals surface area contributed by atoms with Crippen LogP contribution in [0, 0.1) is 10.1 Å². The SMILES string of the molecule is C=C(C)C[C@@H](NC(=O)Cc1cccc([N+](=O)[O-])c1)C(=O)OC. The van der Waals surface area contributed by atoms with Gasteiger partial charge in [-0.3, -0.25) is 14.9 Å². The number of rotatable bonds is 7. The van der Waals surface area contributed by atoms with Crippen molar-refractivity contribution < 1.29 is 19.2 Å². The van der Waals surface area contributed by atoms with Gasteiger partial charge in [-0.15, -0.1) is 6.58 Å². The lowest BCUT2D eigenvalue weighted by atomic mass is 10.1. The van der Waals surface area contributed by atoms with Crippen LogP contribution in [-0.4, -0.2) is 30.0 Å². The molecule has 7 nitrogen and oxygen atoms in total. The smallest absolute Gasteiger partial charge is 0.328 e. The summed E-state index contributed by atoms with van der Waals surface area (Å²) in [6, 6.07) is 4.98. The Bertz CT molecular complexity index is 597. The molecule has 1 aromatic carbocycles. The zero-order chi connectivity index (χ0) is 16.7. The molecule has 1 atom stereocenters. The van der Waals surface area contributed by atoms with Crippen LogP contribution in [0.1, 0.15) is 18.9 Å². The van der Waals surface area contributed by atoms with Crippen molar-refractivity contribution in [3.8, 4) is 0 Å². The van der Waals surface area contributed by atoms with Gasteiger partial charge in [0.1, 0.15) is 6.04 Å². The minimum absolute atomic E-state index is 0.0641. The monoisotopic (exact) mass is 306 g/mol. The van der Waals surface area contributed by atoms with Gasteiger partial charge in [-0.25, -0.2) is 4.79 Å². The minimum Gasteiger partial charge on any atom is -0.467 e. The van der Waals surface area contributed by atoms with Gasteiger partial charge >= 0.3 is 5.97 Å². The van der Waals surface area contributed by atoms with E-state index in [1.165, 1.54) is 25.3 Å². The first-order valence-electron chi connectivity index (χ1n) is 6.58. The van der Waals surface area contributed by atoms with Gasteiger partial charge < -0.3 is 10.1 Å². The van der Waals surface area contributed by atoms with Gasteiger partial charge in [0, 0.05) is 12.1 Å². The molecule has 0 aliphatic heterocycles. The molecule has 0 aromatic heterocycles. The standard InChI is InChI=1S/C15H18N2O5/c1-10(2)7-13(15(19)22-3)16-14(18)9-11-5-4-6-12(8-11)17(20)21/h4-6,8,13H,1,7,9H2,2-3H3,(H,16,18)/t13-/m1/s1. The fourth-order valence-electron chi connectivity index (χ4n) is 1.89. The Morgan fingerprint density at radius 3 is 2.68 bits per heavy atom. The molecule has 0 spiro atoms. The second-order valence-corrected chi connectivity index (χ2v) is 4.91. The van der Waals surface area contributed by atoms with E-state index < -0.39 is 22.8 Å². The Hall–Kier alpha value is -2.70. The Morgan fingerprint density at radius 2 is 2.14 bits per heavy atom. The van der Waals surface area contributed by atoms with Crippen molar-refractivity contribution in [3.05, 3.63) is 52.1 Å². The number of esters is 1. The third kappa shape index (κ3) is 5.35. The van der Waals surface area contributed by atoms with Gasteiger partial charge in [-0.1, -0.05) is 17.7 Å². The number of nitrogens with one attached hydrogen (secondary N) is 1. The highest BCUT2D eigenvalue weighted by atomic mass is 16.6. The predicted molar refractivity (Wildman–Crippen MR) is 80.2 cm³/mol. The largest absolute Gasteiger partial charge is 0.467 e. The summed E-state index contributed by atoms with van der Waals surface area (Å²) in [6.45, 7) is 5.44. The zero-order valence-electron chi connectivity index (χ0n) is 12.5. The average molecular weight is 306 g/mol. The maximum atomic E-state index is 12.0. The molecule has 0 bridgehead atoms. The number of carbonyl (C=O) groups is 2. The molecule has 22 heavy (non-hydrogen) atoms. The van der Waals surface area contributed by atoms with E-state index in [0.29, 0.717) is 5.56 Å². The summed E-state index contributed by atoms with van der Waals surface area (Å²) < 4.78 is 4.63. The van der Waals surface area contributed by atoms with Gasteiger partial charge in [0.25, 0.3) is 5.69 Å². The minimum atomic E-state index is -0.811. The molecule has 0 radical (unpaired) electrons. The zero-order valence-corrected chi connectivity index (χ0v) is 12.5. The van der Waals surface area contributed by atoms with Gasteiger partial charge in [0.15, 0.2) is 0 Å². The number of carbonyl (C=O) groups excluding carboxylic acids is 2. The van der Waals surface area contributed by atoms with E-state index in [-0.39, 0.29) is 18.5 Å². The van der Waals surface area contributed by atoms with Crippen LogP contribution in [0.15, 0.2) is 36.4 Å². The van der Waals surface area contributed by atoms with E-state index in [4.69, 9.17) is 0 Å². The van der Waals surface area contributed by atoms with Crippen molar-refractivity contribution in [2.45, 2.75) is 25.8 Å². The maximum absolute atomic E-state index is 12.0. The van der Waals surface area contributed by atoms with Gasteiger partial charge in [0.05, 0.1) is 18.5 Å². The van der Waals surface area contributed by atoms with Crippen LogP contribution >= 0.6 is 0 Å². The molecular formula is C15H18N2O5. The van der Waals surface area contributed by atoms with Crippen molar-refractivity contribution in [3.63, 3.8) is 0 Å². The van der Waals surface area contributed by atoms with Crippen LogP contribution in [-0.2, 0) is 20.7 Å². The topological polar surface area (TPSA) is 98.5 Å². The predicted octanol–water partition coefficient (Wildman–Crippen LogP) is 1.76. The molecule has 0 aliphatic carbocycles. The van der Waals surface area contributed by atoms with Crippen molar-refractivity contribution >= 4 is 17.6 Å². The van der Waals surface area contributed by atoms with Crippen molar-refractivity contribution in [1.29, 1.82) is 0 Å². The fraction of sp³-hybridized carbons (Fsp3) is 0.333. The summed E-state index contributed by atoms with van der Waals surface area (Å²) in [7, 11) is 1.24. The molecule has 1 rings (SSSR count). The Morgan fingerprint density at radius 1 is 1.45 bits per heavy atom. The van der Waals surface area contributed by atoms with E-state index >= 15 is 0 Å². The van der Waals surface area contributed by atoms with E-state index in [1.807, 2.05) is 0 Å². The van der Waals surface area contributed by atoms with Crippen molar-refractivity contribution in [1.82, 2.24) is 5.32 Å². The van der Waals surface area contributed by atoms with Gasteiger partial charge in [0.2, 0.25) is 5.91 Å². The van der Waals surface area contributed by atoms with E-state index in [9.17, 15) is 19.7 Å². The number of benzene rings is 1. The van der Waals surface area contributed by atoms with Gasteiger partial charge in [-0.05, 0) is 18.9 Å². The number of nitro groups is 1. The highest BCUT2D eigenvalue weighted by molar-refractivity contribution is 5.85. The van der Waals surface area contributed by atoms with Crippen LogP contribution in [0.25, 0.3) is 0 Å². The van der Waals surface area contributed by atoms with E-state index in [0.717, 1.165) is 5.57 Å². The normalized spacial score (nSPS) is 11.4. The fourth-order valence-corrected chi connectivity index (χ4v) is 1.89. The van der Waals surface area contributed by atoms with E-state index in [2.05, 4.69) is 16.6 Å². The number of nitro benzene ring substituents is 1. The van der Waals surface area contributed by atoms with Crippen LogP contribution in [0.3, 0.4) is 0 Å². The first kappa shape index (κ1) is 17.4. The number of hydrogen-bond donors (Lipinski definition) is 1. The number of hydrogen-bond acceptors (Lipinski definition) is 5. The highest BCUT2D eigenvalue weighted by Gasteiger charge is 2.21.